The van der Waals surface area contributed by atoms with Gasteiger partial charge in [0.05, 0.1) is 16.2 Å². The van der Waals surface area contributed by atoms with Crippen molar-refractivity contribution < 1.29 is 26.0 Å². The summed E-state index contributed by atoms with van der Waals surface area (Å²) < 4.78 is 83.2. The van der Waals surface area contributed by atoms with Gasteiger partial charge in [0.1, 0.15) is 0 Å². The lowest BCUT2D eigenvalue weighted by Crippen LogP contribution is -2.20. The van der Waals surface area contributed by atoms with Crippen molar-refractivity contribution in [3.8, 4) is 22.3 Å². The Bertz CT molecular complexity index is 1250. The van der Waals surface area contributed by atoms with Crippen molar-refractivity contribution in [3.63, 3.8) is 0 Å². The third-order valence-corrected chi connectivity index (χ3v) is 6.82. The minimum Gasteiger partial charge on any atom is -0.398 e. The van der Waals surface area contributed by atoms with E-state index in [4.69, 9.17) is 5.73 Å². The van der Waals surface area contributed by atoms with Crippen LogP contribution in [0.1, 0.15) is 23.6 Å². The number of anilines is 1. The summed E-state index contributed by atoms with van der Waals surface area (Å²) in [6, 6.07) is 9.04. The molecule has 3 rings (SSSR count). The highest BCUT2D eigenvalue weighted by atomic mass is 32.2. The molecule has 0 unspecified atom stereocenters. The lowest BCUT2D eigenvalue weighted by Gasteiger charge is -2.25. The molecule has 1 heterocycles. The van der Waals surface area contributed by atoms with Crippen molar-refractivity contribution in [3.05, 3.63) is 65.2 Å². The molecule has 0 atom stereocenters. The van der Waals surface area contributed by atoms with E-state index < -0.39 is 43.7 Å². The van der Waals surface area contributed by atoms with Crippen molar-refractivity contribution in [2.45, 2.75) is 31.8 Å². The maximum absolute atomic E-state index is 14.8. The van der Waals surface area contributed by atoms with Crippen LogP contribution in [0.4, 0.5) is 23.2 Å². The van der Waals surface area contributed by atoms with Gasteiger partial charge in [-0.25, -0.2) is 13.4 Å². The normalized spacial score (nSPS) is 12.2. The van der Waals surface area contributed by atoms with Crippen molar-refractivity contribution in [1.29, 1.82) is 0 Å². The Hall–Kier alpha value is -2.94. The second-order valence-corrected chi connectivity index (χ2v) is 9.33. The van der Waals surface area contributed by atoms with Gasteiger partial charge in [-0.05, 0) is 36.6 Å². The molecule has 2 N–H and O–H groups in total. The fourth-order valence-electron chi connectivity index (χ4n) is 3.55. The van der Waals surface area contributed by atoms with Crippen LogP contribution >= 0.6 is 0 Å². The third kappa shape index (κ3) is 4.01. The number of nitrogens with zero attached hydrogens (tertiary/aromatic N) is 1. The summed E-state index contributed by atoms with van der Waals surface area (Å²) in [5, 5.41) is 0. The van der Waals surface area contributed by atoms with E-state index >= 15 is 0 Å². The van der Waals surface area contributed by atoms with Gasteiger partial charge in [-0.3, -0.25) is 0 Å². The Morgan fingerprint density at radius 1 is 1.06 bits per heavy atom. The lowest BCUT2D eigenvalue weighted by molar-refractivity contribution is -0.140. The number of aryl methyl sites for hydroxylation is 1. The first-order valence-corrected chi connectivity index (χ1v) is 11.0. The van der Waals surface area contributed by atoms with Gasteiger partial charge >= 0.3 is 6.18 Å². The van der Waals surface area contributed by atoms with Gasteiger partial charge in [-0.1, -0.05) is 37.3 Å². The van der Waals surface area contributed by atoms with Gasteiger partial charge in [0.2, 0.25) is 5.95 Å². The lowest BCUT2D eigenvalue weighted by atomic mass is 9.88. The number of aromatic nitrogens is 1. The quantitative estimate of drug-likeness (QED) is 0.319. The molecule has 0 saturated heterocycles. The molecule has 0 saturated carbocycles. The zero-order chi connectivity index (χ0) is 23.1. The van der Waals surface area contributed by atoms with E-state index in [1.165, 1.54) is 31.3 Å². The highest BCUT2D eigenvalue weighted by molar-refractivity contribution is 7.91. The van der Waals surface area contributed by atoms with Gasteiger partial charge in [-0.15, -0.1) is 0 Å². The van der Waals surface area contributed by atoms with Gasteiger partial charge < -0.3 is 5.73 Å². The molecule has 3 aromatic rings. The van der Waals surface area contributed by atoms with Crippen LogP contribution in [-0.4, -0.2) is 19.2 Å². The zero-order valence-electron chi connectivity index (χ0n) is 17.0. The summed E-state index contributed by atoms with van der Waals surface area (Å²) in [5.74, 6) is -1.54. The average molecular weight is 452 g/mol. The number of nitrogen functional groups attached to an aromatic ring is 1. The molecule has 164 valence electrons. The minimum atomic E-state index is -5.00. The standard InChI is InChI=1S/C22H20F4N2O2S/c1-4-31(29,30)20-16(14-8-6-5-7-9-14)17(15-10-12(2)11-28-21(15)23)19(27)13(3)18(20)22(24,25)26/h5-11H,4,27H2,1-3H3. The molecule has 0 aliphatic rings. The summed E-state index contributed by atoms with van der Waals surface area (Å²) >= 11 is 0. The monoisotopic (exact) mass is 452 g/mol. The summed E-state index contributed by atoms with van der Waals surface area (Å²) in [6.07, 6.45) is -3.74. The minimum absolute atomic E-state index is 0.127. The average Bonchev–Trinajstić information content (AvgIpc) is 2.71. The Kier molecular flexibility index (Phi) is 5.84. The summed E-state index contributed by atoms with van der Waals surface area (Å²) in [4.78, 5) is 2.74. The van der Waals surface area contributed by atoms with Crippen LogP contribution < -0.4 is 5.73 Å². The first kappa shape index (κ1) is 22.7. The molecule has 31 heavy (non-hydrogen) atoms. The summed E-state index contributed by atoms with van der Waals surface area (Å²) in [6.45, 7) is 3.98. The Labute approximate surface area is 177 Å². The number of rotatable bonds is 4. The number of halogens is 4. The Morgan fingerprint density at radius 2 is 1.68 bits per heavy atom. The molecule has 0 bridgehead atoms. The SMILES string of the molecule is CCS(=O)(=O)c1c(-c2ccccc2)c(-c2cc(C)cnc2F)c(N)c(C)c1C(F)(F)F. The molecule has 0 aliphatic carbocycles. The van der Waals surface area contributed by atoms with Crippen molar-refractivity contribution in [1.82, 2.24) is 4.98 Å². The second-order valence-electron chi connectivity index (χ2n) is 7.11. The maximum Gasteiger partial charge on any atom is 0.418 e. The molecule has 9 heteroatoms. The fraction of sp³-hybridized carbons (Fsp3) is 0.227. The third-order valence-electron chi connectivity index (χ3n) is 5.03. The highest BCUT2D eigenvalue weighted by Crippen LogP contribution is 2.50. The van der Waals surface area contributed by atoms with E-state index in [1.54, 1.807) is 25.1 Å². The predicted octanol–water partition coefficient (Wildman–Crippen LogP) is 5.57. The van der Waals surface area contributed by atoms with Gasteiger partial charge in [0.15, 0.2) is 9.84 Å². The number of alkyl halides is 3. The van der Waals surface area contributed by atoms with Crippen LogP contribution in [0.5, 0.6) is 0 Å². The van der Waals surface area contributed by atoms with Crippen LogP contribution in [0.3, 0.4) is 0 Å². The molecule has 0 aliphatic heterocycles. The van der Waals surface area contributed by atoms with Crippen LogP contribution in [-0.2, 0) is 16.0 Å². The van der Waals surface area contributed by atoms with Gasteiger partial charge in [0, 0.05) is 28.6 Å². The molecule has 0 radical (unpaired) electrons. The predicted molar refractivity (Wildman–Crippen MR) is 112 cm³/mol. The van der Waals surface area contributed by atoms with Gasteiger partial charge in [0.25, 0.3) is 0 Å². The largest absolute Gasteiger partial charge is 0.418 e. The number of sulfone groups is 1. The van der Waals surface area contributed by atoms with Crippen molar-refractivity contribution >= 4 is 15.5 Å². The van der Waals surface area contributed by atoms with Crippen LogP contribution in [0.15, 0.2) is 47.5 Å². The summed E-state index contributed by atoms with van der Waals surface area (Å²) in [5.41, 5.74) is 4.09. The highest BCUT2D eigenvalue weighted by Gasteiger charge is 2.42. The molecule has 0 fully saturated rings. The Morgan fingerprint density at radius 3 is 2.23 bits per heavy atom. The molecule has 1 aromatic heterocycles. The number of hydrogen-bond acceptors (Lipinski definition) is 4. The Balaban J connectivity index is 2.70. The van der Waals surface area contributed by atoms with E-state index in [1.807, 2.05) is 0 Å². The zero-order valence-corrected chi connectivity index (χ0v) is 17.8. The molecule has 2 aromatic carbocycles. The topological polar surface area (TPSA) is 73.0 Å². The number of pyridine rings is 1. The van der Waals surface area contributed by atoms with Crippen molar-refractivity contribution in [2.75, 3.05) is 11.5 Å². The molecule has 0 spiro atoms. The number of nitrogens with two attached hydrogens (primary N) is 1. The van der Waals surface area contributed by atoms with Crippen LogP contribution in [0.25, 0.3) is 22.3 Å². The van der Waals surface area contributed by atoms with Crippen LogP contribution in [0, 0.1) is 19.8 Å². The van der Waals surface area contributed by atoms with E-state index in [2.05, 4.69) is 4.98 Å². The fourth-order valence-corrected chi connectivity index (χ4v) is 4.95. The molecular weight excluding hydrogens is 432 g/mol. The van der Waals surface area contributed by atoms with Crippen LogP contribution in [0.2, 0.25) is 0 Å². The molecular formula is C22H20F4N2O2S. The van der Waals surface area contributed by atoms with E-state index in [9.17, 15) is 26.0 Å². The first-order valence-electron chi connectivity index (χ1n) is 9.34. The smallest absolute Gasteiger partial charge is 0.398 e. The molecule has 4 nitrogen and oxygen atoms in total. The maximum atomic E-state index is 14.8. The molecule has 0 amide bonds. The number of benzene rings is 2. The first-order chi connectivity index (χ1) is 14.4. The van der Waals surface area contributed by atoms with Crippen molar-refractivity contribution in [2.24, 2.45) is 0 Å². The van der Waals surface area contributed by atoms with E-state index in [-0.39, 0.29) is 27.9 Å². The summed E-state index contributed by atoms with van der Waals surface area (Å²) in [7, 11) is -4.40. The van der Waals surface area contributed by atoms with E-state index in [0.29, 0.717) is 5.56 Å². The van der Waals surface area contributed by atoms with Gasteiger partial charge in [-0.2, -0.15) is 17.6 Å². The van der Waals surface area contributed by atoms with E-state index in [0.717, 1.165) is 6.92 Å². The second kappa shape index (κ2) is 7.96. The number of hydrogen-bond donors (Lipinski definition) is 1.